The molecule has 0 aliphatic rings. The summed E-state index contributed by atoms with van der Waals surface area (Å²) in [7, 11) is 0. The largest absolute Gasteiger partial charge is 0.480 e. The first kappa shape index (κ1) is 22.0. The van der Waals surface area contributed by atoms with Crippen molar-refractivity contribution >= 4 is 48.4 Å². The molecule has 0 saturated heterocycles. The van der Waals surface area contributed by atoms with Gasteiger partial charge in [0.1, 0.15) is 5.54 Å². The van der Waals surface area contributed by atoms with E-state index in [1.54, 1.807) is 6.92 Å². The zero-order valence-electron chi connectivity index (χ0n) is 10.2. The van der Waals surface area contributed by atoms with Crippen molar-refractivity contribution in [3.05, 3.63) is 0 Å². The van der Waals surface area contributed by atoms with Crippen LogP contribution in [0.3, 0.4) is 0 Å². The highest BCUT2D eigenvalue weighted by atomic mass is 35.5. The highest BCUT2D eigenvalue weighted by molar-refractivity contribution is 8.00. The lowest BCUT2D eigenvalue weighted by molar-refractivity contribution is -0.141. The van der Waals surface area contributed by atoms with Crippen LogP contribution in [0.5, 0.6) is 0 Å². The molecule has 0 aromatic carbocycles. The smallest absolute Gasteiger partial charge is 0.324 e. The fourth-order valence-corrected chi connectivity index (χ4v) is 1.64. The predicted molar refractivity (Wildman–Crippen MR) is 80.9 cm³/mol. The van der Waals surface area contributed by atoms with E-state index in [9.17, 15) is 4.79 Å². The molecule has 0 unspecified atom stereocenters. The van der Waals surface area contributed by atoms with Gasteiger partial charge in [-0.2, -0.15) is 11.8 Å². The third-order valence-electron chi connectivity index (χ3n) is 1.75. The van der Waals surface area contributed by atoms with Gasteiger partial charge in [-0.3, -0.25) is 9.79 Å². The molecule has 0 aromatic rings. The molecule has 0 radical (unpaired) electrons. The van der Waals surface area contributed by atoms with Crippen molar-refractivity contribution in [3.8, 4) is 0 Å². The van der Waals surface area contributed by atoms with Crippen molar-refractivity contribution in [2.75, 3.05) is 12.3 Å². The van der Waals surface area contributed by atoms with Crippen LogP contribution >= 0.6 is 36.6 Å². The Hall–Kier alpha value is -0.170. The summed E-state index contributed by atoms with van der Waals surface area (Å²) in [6.07, 6.45) is 0. The molecule has 5 nitrogen and oxygen atoms in total. The normalized spacial score (nSPS) is 16.1. The van der Waals surface area contributed by atoms with E-state index in [4.69, 9.17) is 16.6 Å². The van der Waals surface area contributed by atoms with Crippen molar-refractivity contribution in [1.82, 2.24) is 0 Å². The van der Waals surface area contributed by atoms with Crippen molar-refractivity contribution in [2.45, 2.75) is 31.6 Å². The van der Waals surface area contributed by atoms with Crippen LogP contribution < -0.4 is 11.5 Å². The van der Waals surface area contributed by atoms with Gasteiger partial charge in [-0.15, -0.1) is 24.8 Å². The van der Waals surface area contributed by atoms with Crippen LogP contribution in [0.25, 0.3) is 0 Å². The molecule has 0 amide bonds. The second kappa shape index (κ2) is 9.82. The fraction of sp³-hybridized carbons (Fsp3) is 0.778. The summed E-state index contributed by atoms with van der Waals surface area (Å²) in [5, 5.41) is 9.00. The van der Waals surface area contributed by atoms with E-state index >= 15 is 0 Å². The molecule has 0 heterocycles. The number of nitrogens with two attached hydrogens (primary N) is 2. The first-order chi connectivity index (χ1) is 6.75. The topological polar surface area (TPSA) is 102 Å². The molecule has 0 aromatic heterocycles. The summed E-state index contributed by atoms with van der Waals surface area (Å²) in [5.41, 5.74) is 9.80. The van der Waals surface area contributed by atoms with Crippen LogP contribution in [0.2, 0.25) is 0 Å². The summed E-state index contributed by atoms with van der Waals surface area (Å²) < 4.78 is 0. The maximum Gasteiger partial charge on any atom is 0.324 e. The molecule has 8 heteroatoms. The lowest BCUT2D eigenvalue weighted by atomic mass is 10.1. The number of carbonyl (C=O) groups is 1. The van der Waals surface area contributed by atoms with E-state index in [1.165, 1.54) is 18.7 Å². The first-order valence-electron chi connectivity index (χ1n) is 4.66. The minimum atomic E-state index is -1.18. The highest BCUT2D eigenvalue weighted by Crippen LogP contribution is 2.16. The van der Waals surface area contributed by atoms with Gasteiger partial charge < -0.3 is 16.6 Å². The van der Waals surface area contributed by atoms with Gasteiger partial charge >= 0.3 is 5.97 Å². The molecular weight excluding hydrogens is 285 g/mol. The molecule has 0 rings (SSSR count). The van der Waals surface area contributed by atoms with Crippen LogP contribution in [0.1, 0.15) is 22.2 Å². The molecule has 0 fully saturated rings. The minimum absolute atomic E-state index is 0. The number of aliphatic carboxylic acids is 1. The van der Waals surface area contributed by atoms with E-state index < -0.39 is 11.5 Å². The average Bonchev–Trinajstić information content (AvgIpc) is 2.11. The molecule has 5 N–H and O–H groups in total. The Kier molecular flexibility index (Phi) is 12.7. The average molecular weight is 308 g/mol. The second-order valence-corrected chi connectivity index (χ2v) is 5.25. The number of aliphatic imine (C=N–C) groups is 1. The third kappa shape index (κ3) is 10.7. The summed E-state index contributed by atoms with van der Waals surface area (Å²) in [6, 6.07) is 0. The van der Waals surface area contributed by atoms with Crippen molar-refractivity contribution in [1.29, 1.82) is 0 Å². The number of halogens is 2. The quantitative estimate of drug-likeness (QED) is 0.508. The maximum atomic E-state index is 10.7. The number of amidine groups is 1. The summed E-state index contributed by atoms with van der Waals surface area (Å²) in [5.74, 6) is -0.0836. The van der Waals surface area contributed by atoms with Gasteiger partial charge in [0.15, 0.2) is 0 Å². The number of hydrogen-bond donors (Lipinski definition) is 3. The lowest BCUT2D eigenvalue weighted by Crippen LogP contribution is -2.47. The number of hydrogen-bond acceptors (Lipinski definition) is 4. The Morgan fingerprint density at radius 2 is 2.06 bits per heavy atom. The van der Waals surface area contributed by atoms with Crippen molar-refractivity contribution in [3.63, 3.8) is 0 Å². The van der Waals surface area contributed by atoms with E-state index in [1.807, 2.05) is 6.92 Å². The van der Waals surface area contributed by atoms with Gasteiger partial charge in [-0.05, 0) is 13.8 Å². The van der Waals surface area contributed by atoms with Crippen LogP contribution in [0.4, 0.5) is 0 Å². The summed E-state index contributed by atoms with van der Waals surface area (Å²) >= 11 is 1.49. The van der Waals surface area contributed by atoms with E-state index in [0.29, 0.717) is 18.1 Å². The number of thioether (sulfide) groups is 1. The van der Waals surface area contributed by atoms with E-state index in [2.05, 4.69) is 4.99 Å². The Balaban J connectivity index is -0.000000327. The van der Waals surface area contributed by atoms with Gasteiger partial charge in [0.2, 0.25) is 0 Å². The summed E-state index contributed by atoms with van der Waals surface area (Å²) in [6.45, 7) is 5.78. The molecule has 17 heavy (non-hydrogen) atoms. The number of carboxylic acid groups (broad SMARTS) is 1. The number of rotatable bonds is 6. The fourth-order valence-electron chi connectivity index (χ4n) is 0.702. The van der Waals surface area contributed by atoms with Crippen LogP contribution in [0.15, 0.2) is 4.99 Å². The van der Waals surface area contributed by atoms with Gasteiger partial charge in [0.25, 0.3) is 0 Å². The molecule has 106 valence electrons. The van der Waals surface area contributed by atoms with Gasteiger partial charge in [0, 0.05) is 12.4 Å². The molecule has 0 aliphatic carbocycles. The Bertz CT molecular complexity index is 264. The van der Waals surface area contributed by atoms with Gasteiger partial charge in [-0.1, -0.05) is 6.92 Å². The Morgan fingerprint density at radius 3 is 2.41 bits per heavy atom. The predicted octanol–water partition coefficient (Wildman–Crippen LogP) is 1.38. The monoisotopic (exact) mass is 307 g/mol. The number of nitrogens with zero attached hydrogens (tertiary/aromatic N) is 1. The highest BCUT2D eigenvalue weighted by Gasteiger charge is 2.28. The maximum absolute atomic E-state index is 10.7. The molecule has 0 saturated carbocycles. The van der Waals surface area contributed by atoms with Crippen molar-refractivity contribution < 1.29 is 11.3 Å². The zero-order valence-corrected chi connectivity index (χ0v) is 12.6. The van der Waals surface area contributed by atoms with E-state index in [-0.39, 0.29) is 31.5 Å². The van der Waals surface area contributed by atoms with Gasteiger partial charge in [0.05, 0.1) is 12.4 Å². The second-order valence-electron chi connectivity index (χ2n) is 3.83. The van der Waals surface area contributed by atoms with Crippen LogP contribution in [-0.2, 0) is 4.79 Å². The first-order valence-corrected chi connectivity index (χ1v) is 5.71. The Labute approximate surface area is 120 Å². The van der Waals surface area contributed by atoms with E-state index in [0.717, 1.165) is 0 Å². The molecule has 0 bridgehead atoms. The molecular formula is C9H23Cl2N3O2S. The van der Waals surface area contributed by atoms with Crippen LogP contribution in [0, 0.1) is 0 Å². The SMILES string of the molecule is CC(N)=NC[C@@H](C)SC[C@](C)(N)C(=O)O.Cl.Cl.[HH]. The number of carboxylic acids is 1. The third-order valence-corrected chi connectivity index (χ3v) is 3.24. The van der Waals surface area contributed by atoms with Crippen molar-refractivity contribution in [2.24, 2.45) is 16.5 Å². The Morgan fingerprint density at radius 1 is 1.59 bits per heavy atom. The summed E-state index contributed by atoms with van der Waals surface area (Å²) in [4.78, 5) is 14.8. The minimum Gasteiger partial charge on any atom is -0.480 e. The zero-order chi connectivity index (χ0) is 12.1. The molecule has 0 spiro atoms. The standard InChI is InChI=1S/C9H19N3O2S.2ClH.H2/c1-6(4-12-7(2)10)15-5-9(3,11)8(13)14;;;/h6H,4-5,11H2,1-3H3,(H2,10,12)(H,13,14);3*1H/t6-,9+;;;/m1.../s1. The lowest BCUT2D eigenvalue weighted by Gasteiger charge is -2.20. The van der Waals surface area contributed by atoms with Gasteiger partial charge in [-0.25, -0.2) is 0 Å². The van der Waals surface area contributed by atoms with Crippen LogP contribution in [-0.4, -0.2) is 40.0 Å². The molecule has 2 atom stereocenters. The molecule has 0 aliphatic heterocycles.